The first-order chi connectivity index (χ1) is 10.7. The number of hydrogen-bond acceptors (Lipinski definition) is 5. The molecular formula is C15H20ClN6. The highest BCUT2D eigenvalue weighted by atomic mass is 35.5. The van der Waals surface area contributed by atoms with Crippen LogP contribution in [0, 0.1) is 6.92 Å². The Morgan fingerprint density at radius 2 is 1.82 bits per heavy atom. The van der Waals surface area contributed by atoms with E-state index in [4.69, 9.17) is 11.6 Å². The Kier molecular flexibility index (Phi) is 4.59. The van der Waals surface area contributed by atoms with Crippen LogP contribution in [0.5, 0.6) is 0 Å². The van der Waals surface area contributed by atoms with Gasteiger partial charge in [-0.15, -0.1) is 0 Å². The fraction of sp³-hybridized carbons (Fsp3) is 0.467. The normalized spacial score (nSPS) is 19.1. The van der Waals surface area contributed by atoms with Gasteiger partial charge in [-0.3, -0.25) is 4.90 Å². The van der Waals surface area contributed by atoms with Crippen LogP contribution in [0.2, 0.25) is 0 Å². The predicted octanol–water partition coefficient (Wildman–Crippen LogP) is 1.96. The van der Waals surface area contributed by atoms with Crippen molar-refractivity contribution in [2.75, 3.05) is 31.1 Å². The molecule has 1 saturated heterocycles. The lowest BCUT2D eigenvalue weighted by Crippen LogP contribution is -2.56. The van der Waals surface area contributed by atoms with Crippen LogP contribution in [-0.4, -0.2) is 50.8 Å². The second-order valence-electron chi connectivity index (χ2n) is 5.30. The molecule has 22 heavy (non-hydrogen) atoms. The molecule has 0 spiro atoms. The number of alkyl halides is 1. The topological polar surface area (TPSA) is 50.1 Å². The second kappa shape index (κ2) is 6.62. The Labute approximate surface area is 135 Å². The van der Waals surface area contributed by atoms with Crippen molar-refractivity contribution in [1.82, 2.24) is 24.6 Å². The standard InChI is InChI=1S/C15H20ClN6/c1-2-5-15(16,22-9-4-8-19-22)21-12-10-20(11-13-21)14-17-6-3-7-18-14/h3-4,6-9H,1-2,5,10-13H2. The molecule has 7 heteroatoms. The lowest BCUT2D eigenvalue weighted by molar-refractivity contribution is 0.0702. The van der Waals surface area contributed by atoms with Crippen LogP contribution >= 0.6 is 11.6 Å². The van der Waals surface area contributed by atoms with Gasteiger partial charge in [-0.2, -0.15) is 5.10 Å². The highest BCUT2D eigenvalue weighted by Crippen LogP contribution is 2.32. The first kappa shape index (κ1) is 15.2. The first-order valence-corrected chi connectivity index (χ1v) is 7.87. The van der Waals surface area contributed by atoms with Gasteiger partial charge in [0.25, 0.3) is 0 Å². The minimum atomic E-state index is -0.644. The molecule has 0 bridgehead atoms. The maximum Gasteiger partial charge on any atom is 0.225 e. The molecule has 1 atom stereocenters. The van der Waals surface area contributed by atoms with E-state index in [1.54, 1.807) is 18.6 Å². The summed E-state index contributed by atoms with van der Waals surface area (Å²) in [4.78, 5) is 13.1. The molecule has 1 radical (unpaired) electrons. The summed E-state index contributed by atoms with van der Waals surface area (Å²) in [6.45, 7) is 7.31. The van der Waals surface area contributed by atoms with Crippen LogP contribution in [0.25, 0.3) is 0 Å². The number of nitrogens with zero attached hydrogens (tertiary/aromatic N) is 6. The van der Waals surface area contributed by atoms with Gasteiger partial charge in [0, 0.05) is 57.4 Å². The second-order valence-corrected chi connectivity index (χ2v) is 5.90. The first-order valence-electron chi connectivity index (χ1n) is 7.49. The van der Waals surface area contributed by atoms with Crippen LogP contribution in [0.4, 0.5) is 5.95 Å². The number of aromatic nitrogens is 4. The SMILES string of the molecule is [CH2]CCC(Cl)(N1CCN(c2ncccn2)CC1)n1cccn1. The molecular weight excluding hydrogens is 300 g/mol. The number of rotatable bonds is 5. The summed E-state index contributed by atoms with van der Waals surface area (Å²) in [6.07, 6.45) is 8.72. The molecule has 0 amide bonds. The molecule has 2 aromatic heterocycles. The van der Waals surface area contributed by atoms with Gasteiger partial charge in [0.15, 0.2) is 5.12 Å². The van der Waals surface area contributed by atoms with Crippen molar-refractivity contribution in [1.29, 1.82) is 0 Å². The maximum absolute atomic E-state index is 6.92. The molecule has 3 rings (SSSR count). The van der Waals surface area contributed by atoms with Gasteiger partial charge in [0.05, 0.1) is 0 Å². The van der Waals surface area contributed by atoms with E-state index in [-0.39, 0.29) is 0 Å². The van der Waals surface area contributed by atoms with Crippen LogP contribution in [0.3, 0.4) is 0 Å². The molecule has 1 aliphatic rings. The van der Waals surface area contributed by atoms with Crippen LogP contribution in [0.1, 0.15) is 12.8 Å². The van der Waals surface area contributed by atoms with E-state index < -0.39 is 5.12 Å². The number of anilines is 1. The fourth-order valence-corrected chi connectivity index (χ4v) is 3.22. The molecule has 117 valence electrons. The van der Waals surface area contributed by atoms with E-state index in [1.165, 1.54) is 0 Å². The Hall–Kier alpha value is -1.66. The molecule has 1 aliphatic heterocycles. The summed E-state index contributed by atoms with van der Waals surface area (Å²) in [5.74, 6) is 0.776. The zero-order chi connectivity index (χ0) is 15.4. The minimum Gasteiger partial charge on any atom is -0.338 e. The van der Waals surface area contributed by atoms with E-state index >= 15 is 0 Å². The Morgan fingerprint density at radius 1 is 1.09 bits per heavy atom. The van der Waals surface area contributed by atoms with Gasteiger partial charge >= 0.3 is 0 Å². The lowest BCUT2D eigenvalue weighted by Gasteiger charge is -2.44. The van der Waals surface area contributed by atoms with Crippen molar-refractivity contribution in [3.63, 3.8) is 0 Å². The van der Waals surface area contributed by atoms with Crippen LogP contribution in [0.15, 0.2) is 36.9 Å². The lowest BCUT2D eigenvalue weighted by atomic mass is 10.2. The summed E-state index contributed by atoms with van der Waals surface area (Å²) in [5.41, 5.74) is 0. The molecule has 6 nitrogen and oxygen atoms in total. The highest BCUT2D eigenvalue weighted by molar-refractivity contribution is 6.21. The molecule has 0 saturated carbocycles. The zero-order valence-corrected chi connectivity index (χ0v) is 13.2. The third-order valence-electron chi connectivity index (χ3n) is 3.95. The smallest absolute Gasteiger partial charge is 0.225 e. The van der Waals surface area contributed by atoms with Crippen molar-refractivity contribution < 1.29 is 0 Å². The summed E-state index contributed by atoms with van der Waals surface area (Å²) in [6, 6.07) is 3.73. The van der Waals surface area contributed by atoms with E-state index in [0.717, 1.165) is 45.0 Å². The third-order valence-corrected chi connectivity index (χ3v) is 4.55. The molecule has 2 aromatic rings. The predicted molar refractivity (Wildman–Crippen MR) is 86.5 cm³/mol. The molecule has 1 fully saturated rings. The average Bonchev–Trinajstić information content (AvgIpc) is 3.11. The average molecular weight is 320 g/mol. The fourth-order valence-electron chi connectivity index (χ4n) is 2.82. The highest BCUT2D eigenvalue weighted by Gasteiger charge is 2.38. The maximum atomic E-state index is 6.92. The summed E-state index contributed by atoms with van der Waals surface area (Å²) in [5, 5.41) is 3.69. The quantitative estimate of drug-likeness (QED) is 0.623. The molecule has 1 unspecified atom stereocenters. The van der Waals surface area contributed by atoms with E-state index in [1.807, 2.05) is 23.0 Å². The van der Waals surface area contributed by atoms with Gasteiger partial charge in [-0.05, 0) is 18.6 Å². The summed E-state index contributed by atoms with van der Waals surface area (Å²) in [7, 11) is 0. The van der Waals surface area contributed by atoms with Crippen molar-refractivity contribution >= 4 is 17.5 Å². The monoisotopic (exact) mass is 319 g/mol. The van der Waals surface area contributed by atoms with Crippen molar-refractivity contribution in [2.24, 2.45) is 0 Å². The summed E-state index contributed by atoms with van der Waals surface area (Å²) < 4.78 is 1.83. The largest absolute Gasteiger partial charge is 0.338 e. The van der Waals surface area contributed by atoms with Crippen LogP contribution < -0.4 is 4.90 Å². The number of hydrogen-bond donors (Lipinski definition) is 0. The van der Waals surface area contributed by atoms with E-state index in [0.29, 0.717) is 0 Å². The Balaban J connectivity index is 1.71. The summed E-state index contributed by atoms with van der Waals surface area (Å²) >= 11 is 6.92. The molecule has 0 N–H and O–H groups in total. The van der Waals surface area contributed by atoms with E-state index in [2.05, 4.69) is 31.8 Å². The zero-order valence-electron chi connectivity index (χ0n) is 12.5. The van der Waals surface area contributed by atoms with Gasteiger partial charge in [0.1, 0.15) is 0 Å². The van der Waals surface area contributed by atoms with Gasteiger partial charge < -0.3 is 4.90 Å². The number of piperazine rings is 1. The van der Waals surface area contributed by atoms with E-state index in [9.17, 15) is 0 Å². The molecule has 0 aliphatic carbocycles. The Morgan fingerprint density at radius 3 is 2.41 bits per heavy atom. The van der Waals surface area contributed by atoms with Gasteiger partial charge in [0.2, 0.25) is 5.95 Å². The Bertz CT molecular complexity index is 567. The van der Waals surface area contributed by atoms with Crippen molar-refractivity contribution in [3.05, 3.63) is 43.8 Å². The van der Waals surface area contributed by atoms with Crippen molar-refractivity contribution in [2.45, 2.75) is 18.0 Å². The van der Waals surface area contributed by atoms with Gasteiger partial charge in [-0.25, -0.2) is 14.6 Å². The molecule has 0 aromatic carbocycles. The molecule has 3 heterocycles. The third kappa shape index (κ3) is 2.94. The van der Waals surface area contributed by atoms with Crippen molar-refractivity contribution in [3.8, 4) is 0 Å². The van der Waals surface area contributed by atoms with Crippen LogP contribution in [-0.2, 0) is 5.12 Å². The number of halogens is 1. The minimum absolute atomic E-state index is 0.644. The van der Waals surface area contributed by atoms with Gasteiger partial charge in [-0.1, -0.05) is 18.5 Å².